The van der Waals surface area contributed by atoms with Gasteiger partial charge in [0, 0.05) is 12.6 Å². The molecule has 2 rings (SSSR count). The van der Waals surface area contributed by atoms with Gasteiger partial charge in [-0.25, -0.2) is 4.79 Å². The Morgan fingerprint density at radius 3 is 3.00 bits per heavy atom. The quantitative estimate of drug-likeness (QED) is 0.719. The standard InChI is InChI=1S/C12H22N2O2/c1-3-13-12(11(15)16-4-2)7-9-14-8-5-6-10(12)14/h10,13H,3-9H2,1-2H3. The molecule has 2 aliphatic heterocycles. The van der Waals surface area contributed by atoms with Crippen LogP contribution in [0.15, 0.2) is 0 Å². The van der Waals surface area contributed by atoms with Gasteiger partial charge in [0.25, 0.3) is 0 Å². The number of fused-ring (bicyclic) bond motifs is 1. The minimum atomic E-state index is -0.429. The van der Waals surface area contributed by atoms with Crippen LogP contribution in [-0.2, 0) is 9.53 Å². The molecule has 0 aromatic rings. The summed E-state index contributed by atoms with van der Waals surface area (Å²) < 4.78 is 5.26. The molecule has 0 spiro atoms. The number of nitrogens with one attached hydrogen (secondary N) is 1. The molecule has 92 valence electrons. The van der Waals surface area contributed by atoms with E-state index in [1.807, 2.05) is 6.92 Å². The second kappa shape index (κ2) is 4.72. The van der Waals surface area contributed by atoms with Crippen molar-refractivity contribution in [2.24, 2.45) is 0 Å². The first kappa shape index (κ1) is 11.9. The summed E-state index contributed by atoms with van der Waals surface area (Å²) in [6.07, 6.45) is 3.22. The topological polar surface area (TPSA) is 41.6 Å². The second-order valence-corrected chi connectivity index (χ2v) is 4.67. The van der Waals surface area contributed by atoms with Gasteiger partial charge >= 0.3 is 5.97 Å². The molecule has 2 heterocycles. The summed E-state index contributed by atoms with van der Waals surface area (Å²) in [7, 11) is 0. The largest absolute Gasteiger partial charge is 0.465 e. The zero-order valence-electron chi connectivity index (χ0n) is 10.3. The van der Waals surface area contributed by atoms with Gasteiger partial charge in [-0.2, -0.15) is 0 Å². The molecule has 1 N–H and O–H groups in total. The van der Waals surface area contributed by atoms with Crippen LogP contribution in [-0.4, -0.2) is 48.7 Å². The summed E-state index contributed by atoms with van der Waals surface area (Å²) in [6.45, 7) is 7.38. The summed E-state index contributed by atoms with van der Waals surface area (Å²) >= 11 is 0. The average Bonchev–Trinajstić information content (AvgIpc) is 2.83. The SMILES string of the molecule is CCNC1(C(=O)OCC)CCN2CCCC21. The fraction of sp³-hybridized carbons (Fsp3) is 0.917. The Bertz CT molecular complexity index is 266. The van der Waals surface area contributed by atoms with Crippen molar-refractivity contribution >= 4 is 5.97 Å². The van der Waals surface area contributed by atoms with Gasteiger partial charge in [0.05, 0.1) is 6.61 Å². The molecule has 0 bridgehead atoms. The molecule has 2 saturated heterocycles. The van der Waals surface area contributed by atoms with Crippen molar-refractivity contribution in [3.63, 3.8) is 0 Å². The van der Waals surface area contributed by atoms with Crippen LogP contribution in [0.1, 0.15) is 33.1 Å². The highest BCUT2D eigenvalue weighted by molar-refractivity contribution is 5.82. The Balaban J connectivity index is 2.18. The second-order valence-electron chi connectivity index (χ2n) is 4.67. The van der Waals surface area contributed by atoms with Crippen LogP contribution in [0.25, 0.3) is 0 Å². The fourth-order valence-electron chi connectivity index (χ4n) is 3.23. The Hall–Kier alpha value is -0.610. The highest BCUT2D eigenvalue weighted by Crippen LogP contribution is 2.36. The van der Waals surface area contributed by atoms with E-state index in [1.165, 1.54) is 6.42 Å². The predicted molar refractivity (Wildman–Crippen MR) is 62.3 cm³/mol. The summed E-state index contributed by atoms with van der Waals surface area (Å²) in [5.74, 6) is -0.0498. The highest BCUT2D eigenvalue weighted by atomic mass is 16.5. The van der Waals surface area contributed by atoms with Gasteiger partial charge in [-0.3, -0.25) is 4.90 Å². The molecule has 0 saturated carbocycles. The summed E-state index contributed by atoms with van der Waals surface area (Å²) in [5.41, 5.74) is -0.429. The van der Waals surface area contributed by atoms with Crippen LogP contribution < -0.4 is 5.32 Å². The zero-order valence-corrected chi connectivity index (χ0v) is 10.3. The lowest BCUT2D eigenvalue weighted by molar-refractivity contribution is -0.152. The first-order valence-corrected chi connectivity index (χ1v) is 6.41. The molecule has 4 nitrogen and oxygen atoms in total. The minimum absolute atomic E-state index is 0.0498. The molecule has 0 radical (unpaired) electrons. The number of carbonyl (C=O) groups excluding carboxylic acids is 1. The predicted octanol–water partition coefficient (Wildman–Crippen LogP) is 0.766. The minimum Gasteiger partial charge on any atom is -0.465 e. The van der Waals surface area contributed by atoms with E-state index in [0.717, 1.165) is 32.5 Å². The molecule has 16 heavy (non-hydrogen) atoms. The van der Waals surface area contributed by atoms with E-state index in [-0.39, 0.29) is 5.97 Å². The van der Waals surface area contributed by atoms with Crippen molar-refractivity contribution in [3.8, 4) is 0 Å². The first-order valence-electron chi connectivity index (χ1n) is 6.41. The van der Waals surface area contributed by atoms with Gasteiger partial charge in [0.2, 0.25) is 0 Å². The average molecular weight is 226 g/mol. The molecule has 0 amide bonds. The van der Waals surface area contributed by atoms with Gasteiger partial charge in [-0.1, -0.05) is 6.92 Å². The van der Waals surface area contributed by atoms with E-state index in [2.05, 4.69) is 17.1 Å². The number of nitrogens with zero attached hydrogens (tertiary/aromatic N) is 1. The Kier molecular flexibility index (Phi) is 3.50. The van der Waals surface area contributed by atoms with Crippen molar-refractivity contribution < 1.29 is 9.53 Å². The van der Waals surface area contributed by atoms with Crippen LogP contribution in [0.4, 0.5) is 0 Å². The number of rotatable bonds is 4. The number of ether oxygens (including phenoxy) is 1. The van der Waals surface area contributed by atoms with E-state index in [9.17, 15) is 4.79 Å². The van der Waals surface area contributed by atoms with Crippen molar-refractivity contribution in [2.75, 3.05) is 26.2 Å². The summed E-state index contributed by atoms with van der Waals surface area (Å²) in [5, 5.41) is 3.40. The summed E-state index contributed by atoms with van der Waals surface area (Å²) in [4.78, 5) is 14.6. The first-order chi connectivity index (χ1) is 7.74. The maximum Gasteiger partial charge on any atom is 0.328 e. The number of carbonyl (C=O) groups is 1. The fourth-order valence-corrected chi connectivity index (χ4v) is 3.23. The van der Waals surface area contributed by atoms with Gasteiger partial charge in [-0.05, 0) is 39.3 Å². The van der Waals surface area contributed by atoms with E-state index in [1.54, 1.807) is 0 Å². The maximum atomic E-state index is 12.2. The van der Waals surface area contributed by atoms with Crippen molar-refractivity contribution in [1.82, 2.24) is 10.2 Å². The monoisotopic (exact) mass is 226 g/mol. The molecule has 2 aliphatic rings. The number of hydrogen-bond acceptors (Lipinski definition) is 4. The van der Waals surface area contributed by atoms with Crippen LogP contribution in [0.2, 0.25) is 0 Å². The highest BCUT2D eigenvalue weighted by Gasteiger charge is 2.54. The third kappa shape index (κ3) is 1.74. The van der Waals surface area contributed by atoms with E-state index in [0.29, 0.717) is 12.6 Å². The van der Waals surface area contributed by atoms with Gasteiger partial charge in [0.1, 0.15) is 5.54 Å². The lowest BCUT2D eigenvalue weighted by Crippen LogP contribution is -2.59. The van der Waals surface area contributed by atoms with E-state index < -0.39 is 5.54 Å². The lowest BCUT2D eigenvalue weighted by Gasteiger charge is -2.33. The molecular weight excluding hydrogens is 204 g/mol. The molecule has 0 aromatic carbocycles. The third-order valence-electron chi connectivity index (χ3n) is 3.86. The molecule has 2 fully saturated rings. The van der Waals surface area contributed by atoms with Crippen molar-refractivity contribution in [2.45, 2.75) is 44.7 Å². The van der Waals surface area contributed by atoms with Crippen LogP contribution >= 0.6 is 0 Å². The number of likely N-dealkylation sites (N-methyl/N-ethyl adjacent to an activating group) is 1. The summed E-state index contributed by atoms with van der Waals surface area (Å²) in [6, 6.07) is 0.353. The molecule has 2 atom stereocenters. The van der Waals surface area contributed by atoms with Crippen molar-refractivity contribution in [1.29, 1.82) is 0 Å². The van der Waals surface area contributed by atoms with Crippen LogP contribution in [0, 0.1) is 0 Å². The normalized spacial score (nSPS) is 34.0. The maximum absolute atomic E-state index is 12.2. The van der Waals surface area contributed by atoms with Gasteiger partial charge in [-0.15, -0.1) is 0 Å². The molecule has 0 aliphatic carbocycles. The van der Waals surface area contributed by atoms with Crippen molar-refractivity contribution in [3.05, 3.63) is 0 Å². The lowest BCUT2D eigenvalue weighted by atomic mass is 9.88. The molecule has 4 heteroatoms. The Morgan fingerprint density at radius 1 is 1.50 bits per heavy atom. The zero-order chi connectivity index (χ0) is 11.6. The van der Waals surface area contributed by atoms with Gasteiger partial charge in [0.15, 0.2) is 0 Å². The van der Waals surface area contributed by atoms with E-state index in [4.69, 9.17) is 4.74 Å². The molecule has 0 aromatic heterocycles. The van der Waals surface area contributed by atoms with Crippen LogP contribution in [0.3, 0.4) is 0 Å². The number of esters is 1. The number of hydrogen-bond donors (Lipinski definition) is 1. The third-order valence-corrected chi connectivity index (χ3v) is 3.86. The molecule has 2 unspecified atom stereocenters. The van der Waals surface area contributed by atoms with E-state index >= 15 is 0 Å². The Morgan fingerprint density at radius 2 is 2.31 bits per heavy atom. The van der Waals surface area contributed by atoms with Crippen LogP contribution in [0.5, 0.6) is 0 Å². The smallest absolute Gasteiger partial charge is 0.328 e. The molecular formula is C12H22N2O2. The Labute approximate surface area is 97.3 Å². The van der Waals surface area contributed by atoms with Gasteiger partial charge < -0.3 is 10.1 Å².